The summed E-state index contributed by atoms with van der Waals surface area (Å²) >= 11 is 0. The van der Waals surface area contributed by atoms with Crippen LogP contribution in [-0.4, -0.2) is 71.4 Å². The zero-order chi connectivity index (χ0) is 26.3. The van der Waals surface area contributed by atoms with E-state index in [4.69, 9.17) is 5.26 Å². The van der Waals surface area contributed by atoms with Gasteiger partial charge in [-0.3, -0.25) is 19.1 Å². The Hall–Kier alpha value is -2.89. The van der Waals surface area contributed by atoms with E-state index in [0.717, 1.165) is 12.1 Å². The van der Waals surface area contributed by atoms with Crippen LogP contribution in [0.1, 0.15) is 44.7 Å². The van der Waals surface area contributed by atoms with E-state index in [1.165, 1.54) is 24.8 Å². The van der Waals surface area contributed by atoms with Crippen molar-refractivity contribution < 1.29 is 35.7 Å². The van der Waals surface area contributed by atoms with Crippen molar-refractivity contribution >= 4 is 27.7 Å². The number of urea groups is 1. The summed E-state index contributed by atoms with van der Waals surface area (Å²) in [5, 5.41) is 11.7. The molecule has 2 N–H and O–H groups in total. The minimum atomic E-state index is -5.01. The van der Waals surface area contributed by atoms with Gasteiger partial charge < -0.3 is 10.2 Å². The summed E-state index contributed by atoms with van der Waals surface area (Å²) < 4.78 is 75.8. The second-order valence-corrected chi connectivity index (χ2v) is 10.3. The molecule has 2 heterocycles. The van der Waals surface area contributed by atoms with E-state index < -0.39 is 56.1 Å². The summed E-state index contributed by atoms with van der Waals surface area (Å²) in [6.07, 6.45) is -4.39. The average Bonchev–Trinajstić information content (AvgIpc) is 2.99. The summed E-state index contributed by atoms with van der Waals surface area (Å²) in [6, 6.07) is 3.01. The molecule has 14 heteroatoms. The summed E-state index contributed by atoms with van der Waals surface area (Å²) in [6.45, 7) is 5.56. The monoisotopic (exact) mass is 517 g/mol. The minimum Gasteiger partial charge on any atom is -0.338 e. The molecular weight excluding hydrogens is 491 g/mol. The van der Waals surface area contributed by atoms with Crippen molar-refractivity contribution in [1.82, 2.24) is 15.1 Å². The van der Waals surface area contributed by atoms with Crippen LogP contribution in [0, 0.1) is 11.3 Å². The number of carbonyl (C=O) groups excluding carboxylic acids is 2. The third-order valence-electron chi connectivity index (χ3n) is 6.29. The number of piperidine rings is 1. The van der Waals surface area contributed by atoms with Gasteiger partial charge in [0.1, 0.15) is 0 Å². The van der Waals surface area contributed by atoms with Crippen LogP contribution in [0.25, 0.3) is 0 Å². The number of rotatable bonds is 4. The van der Waals surface area contributed by atoms with Crippen molar-refractivity contribution in [3.63, 3.8) is 0 Å². The molecule has 35 heavy (non-hydrogen) atoms. The van der Waals surface area contributed by atoms with Gasteiger partial charge in [-0.1, -0.05) is 0 Å². The SMILES string of the molecule is CCNC(=O)N1CCC(N2C(S(=O)(=O)O)N(c3ccc(C#N)c(C(F)(F)F)c3)C(=O)C2(C)C)CC1. The Morgan fingerprint density at radius 3 is 2.37 bits per heavy atom. The number of nitrogens with one attached hydrogen (secondary N) is 1. The van der Waals surface area contributed by atoms with Crippen LogP contribution >= 0.6 is 0 Å². The fourth-order valence-electron chi connectivity index (χ4n) is 4.69. The Balaban J connectivity index is 2.04. The van der Waals surface area contributed by atoms with Gasteiger partial charge in [0.15, 0.2) is 0 Å². The molecule has 0 radical (unpaired) electrons. The summed E-state index contributed by atoms with van der Waals surface area (Å²) in [5.74, 6) is -0.830. The molecule has 0 bridgehead atoms. The van der Waals surface area contributed by atoms with E-state index in [2.05, 4.69) is 5.32 Å². The Bertz CT molecular complexity index is 1160. The number of nitrogens with zero attached hydrogens (tertiary/aromatic N) is 4. The lowest BCUT2D eigenvalue weighted by Crippen LogP contribution is -2.58. The first kappa shape index (κ1) is 26.7. The molecule has 3 rings (SSSR count). The Morgan fingerprint density at radius 1 is 1.29 bits per heavy atom. The van der Waals surface area contributed by atoms with Gasteiger partial charge in [0.25, 0.3) is 0 Å². The maximum Gasteiger partial charge on any atom is 0.417 e. The molecule has 1 atom stereocenters. The molecule has 10 nitrogen and oxygen atoms in total. The lowest BCUT2D eigenvalue weighted by molar-refractivity contribution is -0.137. The lowest BCUT2D eigenvalue weighted by Gasteiger charge is -2.42. The highest BCUT2D eigenvalue weighted by Crippen LogP contribution is 2.42. The van der Waals surface area contributed by atoms with Crippen LogP contribution in [0.2, 0.25) is 0 Å². The van der Waals surface area contributed by atoms with Crippen LogP contribution in [0.5, 0.6) is 0 Å². The summed E-state index contributed by atoms with van der Waals surface area (Å²) in [5.41, 5.74) is -5.93. The number of hydrogen-bond acceptors (Lipinski definition) is 6. The van der Waals surface area contributed by atoms with E-state index in [9.17, 15) is 35.7 Å². The van der Waals surface area contributed by atoms with Gasteiger partial charge >= 0.3 is 22.3 Å². The normalized spacial score (nSPS) is 21.8. The zero-order valence-corrected chi connectivity index (χ0v) is 20.1. The van der Waals surface area contributed by atoms with E-state index in [-0.39, 0.29) is 32.0 Å². The van der Waals surface area contributed by atoms with Gasteiger partial charge in [0.05, 0.1) is 22.7 Å². The second kappa shape index (κ2) is 9.29. The highest BCUT2D eigenvalue weighted by molar-refractivity contribution is 7.86. The molecule has 1 aromatic carbocycles. The minimum absolute atomic E-state index is 0.255. The Labute approximate surface area is 201 Å². The van der Waals surface area contributed by atoms with Crippen molar-refractivity contribution in [1.29, 1.82) is 5.26 Å². The van der Waals surface area contributed by atoms with E-state index >= 15 is 0 Å². The molecule has 3 amide bonds. The molecule has 2 aliphatic heterocycles. The fourth-order valence-corrected chi connectivity index (χ4v) is 5.90. The van der Waals surface area contributed by atoms with E-state index in [1.54, 1.807) is 11.8 Å². The van der Waals surface area contributed by atoms with Crippen molar-refractivity contribution in [2.45, 2.75) is 56.9 Å². The average molecular weight is 518 g/mol. The molecule has 0 spiro atoms. The third-order valence-corrected chi connectivity index (χ3v) is 7.26. The van der Waals surface area contributed by atoms with Gasteiger partial charge in [-0.2, -0.15) is 26.9 Å². The first-order valence-electron chi connectivity index (χ1n) is 10.9. The molecule has 1 aromatic rings. The number of benzene rings is 1. The maximum atomic E-state index is 13.5. The predicted molar refractivity (Wildman–Crippen MR) is 119 cm³/mol. The molecule has 192 valence electrons. The summed E-state index contributed by atoms with van der Waals surface area (Å²) in [7, 11) is -5.01. The quantitative estimate of drug-likeness (QED) is 0.586. The highest BCUT2D eigenvalue weighted by atomic mass is 32.2. The number of nitriles is 1. The van der Waals surface area contributed by atoms with E-state index in [0.29, 0.717) is 17.5 Å². The molecule has 0 saturated carbocycles. The topological polar surface area (TPSA) is 134 Å². The Kier molecular flexibility index (Phi) is 7.09. The molecule has 2 aliphatic rings. The lowest BCUT2D eigenvalue weighted by atomic mass is 9.96. The van der Waals surface area contributed by atoms with Crippen molar-refractivity contribution in [3.8, 4) is 6.07 Å². The number of alkyl halides is 3. The smallest absolute Gasteiger partial charge is 0.338 e. The standard InChI is InChI=1S/C21H26F3N5O5S/c1-4-26-18(31)27-9-7-14(8-10-27)29-19(35(32,33)34)28(17(30)20(29,2)3)15-6-5-13(12-25)16(11-15)21(22,23)24/h5-6,11,14,19H,4,7-10H2,1-3H3,(H,26,31)(H,32,33,34). The van der Waals surface area contributed by atoms with Crippen LogP contribution in [0.4, 0.5) is 23.7 Å². The molecule has 1 unspecified atom stereocenters. The predicted octanol–water partition coefficient (Wildman–Crippen LogP) is 2.37. The van der Waals surface area contributed by atoms with Gasteiger partial charge in [-0.15, -0.1) is 0 Å². The number of hydrogen-bond donors (Lipinski definition) is 2. The van der Waals surface area contributed by atoms with Crippen LogP contribution in [-0.2, 0) is 21.1 Å². The molecule has 2 fully saturated rings. The van der Waals surface area contributed by atoms with Crippen molar-refractivity contribution in [2.24, 2.45) is 0 Å². The van der Waals surface area contributed by atoms with Crippen molar-refractivity contribution in [2.75, 3.05) is 24.5 Å². The number of likely N-dealkylation sites (tertiary alicyclic amines) is 1. The van der Waals surface area contributed by atoms with Crippen LogP contribution in [0.15, 0.2) is 18.2 Å². The largest absolute Gasteiger partial charge is 0.417 e. The number of carbonyl (C=O) groups is 2. The van der Waals surface area contributed by atoms with Crippen LogP contribution < -0.4 is 10.2 Å². The highest BCUT2D eigenvalue weighted by Gasteiger charge is 2.59. The number of amides is 3. The number of anilines is 1. The Morgan fingerprint density at radius 2 is 1.89 bits per heavy atom. The second-order valence-electron chi connectivity index (χ2n) is 8.88. The first-order valence-corrected chi connectivity index (χ1v) is 12.4. The zero-order valence-electron chi connectivity index (χ0n) is 19.3. The summed E-state index contributed by atoms with van der Waals surface area (Å²) in [4.78, 5) is 29.0. The third kappa shape index (κ3) is 4.93. The van der Waals surface area contributed by atoms with Crippen molar-refractivity contribution in [3.05, 3.63) is 29.3 Å². The molecule has 0 aliphatic carbocycles. The van der Waals surface area contributed by atoms with Gasteiger partial charge in [-0.05, 0) is 51.8 Å². The van der Waals surface area contributed by atoms with Gasteiger partial charge in [0.2, 0.25) is 11.4 Å². The molecule has 0 aromatic heterocycles. The van der Waals surface area contributed by atoms with E-state index in [1.807, 2.05) is 0 Å². The van der Waals surface area contributed by atoms with Gasteiger partial charge in [0, 0.05) is 31.4 Å². The van der Waals surface area contributed by atoms with Crippen LogP contribution in [0.3, 0.4) is 0 Å². The van der Waals surface area contributed by atoms with Gasteiger partial charge in [-0.25, -0.2) is 4.79 Å². The molecule has 2 saturated heterocycles. The number of halogens is 3. The maximum absolute atomic E-state index is 13.5. The first-order chi connectivity index (χ1) is 16.1. The fraction of sp³-hybridized carbons (Fsp3) is 0.571. The molecular formula is C21H26F3N5O5S.